The molecule has 0 bridgehead atoms. The number of ether oxygens (including phenoxy) is 4. The number of carbonyl (C=O) groups excluding carboxylic acids is 2. The number of carbonyl (C=O) groups is 4. The van der Waals surface area contributed by atoms with Crippen LogP contribution in [0.2, 0.25) is 0 Å². The van der Waals surface area contributed by atoms with Crippen LogP contribution in [0.15, 0.2) is 0 Å². The number of rotatable bonds is 11. The van der Waals surface area contributed by atoms with E-state index in [9.17, 15) is 19.2 Å². The largest absolute Gasteiger partial charge is 0.481 e. The molecule has 0 aliphatic carbocycles. The van der Waals surface area contributed by atoms with Crippen LogP contribution in [0.5, 0.6) is 0 Å². The lowest BCUT2D eigenvalue weighted by Gasteiger charge is -2.24. The Morgan fingerprint density at radius 1 is 0.792 bits per heavy atom. The Morgan fingerprint density at radius 3 is 1.38 bits per heavy atom. The molecule has 0 saturated carbocycles. The Hall–Kier alpha value is -2.20. The second kappa shape index (κ2) is 8.06. The van der Waals surface area contributed by atoms with Crippen molar-refractivity contribution >= 4 is 23.9 Å². The first-order valence-electron chi connectivity index (χ1n) is 7.42. The molecule has 10 heteroatoms. The molecule has 2 N–H and O–H groups in total. The smallest absolute Gasteiger partial charge is 0.306 e. The third-order valence-electron chi connectivity index (χ3n) is 3.40. The van der Waals surface area contributed by atoms with E-state index in [1.807, 2.05) is 0 Å². The van der Waals surface area contributed by atoms with E-state index in [-0.39, 0.29) is 25.7 Å². The molecule has 0 amide bonds. The molecule has 0 aromatic rings. The van der Waals surface area contributed by atoms with Gasteiger partial charge < -0.3 is 29.2 Å². The van der Waals surface area contributed by atoms with Gasteiger partial charge in [0.1, 0.15) is 12.2 Å². The number of carboxylic acids is 2. The van der Waals surface area contributed by atoms with Gasteiger partial charge in [0.2, 0.25) is 0 Å². The maximum atomic E-state index is 11.7. The fraction of sp³-hybridized carbons (Fsp3) is 0.714. The Bertz CT molecular complexity index is 462. The average molecular weight is 346 g/mol. The summed E-state index contributed by atoms with van der Waals surface area (Å²) < 4.78 is 20.6. The van der Waals surface area contributed by atoms with Crippen LogP contribution in [0.4, 0.5) is 0 Å². The molecule has 0 spiro atoms. The van der Waals surface area contributed by atoms with Gasteiger partial charge in [0.05, 0.1) is 38.9 Å². The van der Waals surface area contributed by atoms with Crippen LogP contribution in [0.25, 0.3) is 0 Å². The van der Waals surface area contributed by atoms with Gasteiger partial charge in [0, 0.05) is 0 Å². The second-order valence-electron chi connectivity index (χ2n) is 5.44. The summed E-state index contributed by atoms with van der Waals surface area (Å²) in [5.41, 5.74) is 0. The molecule has 2 rings (SSSR count). The highest BCUT2D eigenvalue weighted by Gasteiger charge is 2.50. The standard InChI is InChI=1S/C14H18O10/c15-9(16)1-3-11(19)23-13(7-5-21-7)14(8-6-22-8)24-12(20)4-2-10(17)18/h7-8,13-14H,1-6H2,(H,15,16)(H,17,18)/t7-,8-,13+,14+/m0/s1. The van der Waals surface area contributed by atoms with Crippen molar-refractivity contribution in [2.75, 3.05) is 13.2 Å². The normalized spacial score (nSPS) is 23.7. The quantitative estimate of drug-likeness (QED) is 0.364. The van der Waals surface area contributed by atoms with Crippen LogP contribution in [0.1, 0.15) is 25.7 Å². The minimum atomic E-state index is -1.13. The van der Waals surface area contributed by atoms with Gasteiger partial charge in [0.15, 0.2) is 12.2 Å². The van der Waals surface area contributed by atoms with Crippen molar-refractivity contribution in [1.29, 1.82) is 0 Å². The zero-order valence-corrected chi connectivity index (χ0v) is 12.7. The van der Waals surface area contributed by atoms with E-state index in [1.54, 1.807) is 0 Å². The molecule has 2 saturated heterocycles. The summed E-state index contributed by atoms with van der Waals surface area (Å²) in [5.74, 6) is -3.75. The summed E-state index contributed by atoms with van der Waals surface area (Å²) in [6, 6.07) is 0. The minimum Gasteiger partial charge on any atom is -0.481 e. The minimum absolute atomic E-state index is 0.312. The van der Waals surface area contributed by atoms with E-state index in [2.05, 4.69) is 0 Å². The predicted octanol–water partition coefficient (Wildman–Crippen LogP) is -0.663. The molecule has 2 heterocycles. The molecular weight excluding hydrogens is 328 g/mol. The highest BCUT2D eigenvalue weighted by atomic mass is 16.7. The fourth-order valence-electron chi connectivity index (χ4n) is 2.04. The summed E-state index contributed by atoms with van der Waals surface area (Å²) in [4.78, 5) is 44.5. The zero-order chi connectivity index (χ0) is 17.7. The monoisotopic (exact) mass is 346 g/mol. The summed E-state index contributed by atoms with van der Waals surface area (Å²) in [6.45, 7) is 0.625. The van der Waals surface area contributed by atoms with Gasteiger partial charge in [0.25, 0.3) is 0 Å². The zero-order valence-electron chi connectivity index (χ0n) is 12.7. The van der Waals surface area contributed by atoms with Crippen molar-refractivity contribution < 1.29 is 48.3 Å². The van der Waals surface area contributed by atoms with Gasteiger partial charge in [-0.2, -0.15) is 0 Å². The number of esters is 2. The molecule has 4 atom stereocenters. The number of aliphatic carboxylic acids is 2. The van der Waals surface area contributed by atoms with Crippen molar-refractivity contribution in [2.24, 2.45) is 0 Å². The SMILES string of the molecule is O=C(O)CCC(=O)O[C@@H]([C@H](OC(=O)CCC(=O)O)[C@@H]1CO1)[C@@H]1CO1. The Morgan fingerprint density at radius 2 is 1.12 bits per heavy atom. The van der Waals surface area contributed by atoms with Gasteiger partial charge >= 0.3 is 23.9 Å². The highest BCUT2D eigenvalue weighted by Crippen LogP contribution is 2.30. The van der Waals surface area contributed by atoms with Gasteiger partial charge in [-0.1, -0.05) is 0 Å². The van der Waals surface area contributed by atoms with Crippen LogP contribution in [0.3, 0.4) is 0 Å². The van der Waals surface area contributed by atoms with Crippen molar-refractivity contribution in [3.8, 4) is 0 Å². The molecule has 2 aliphatic heterocycles. The first-order valence-corrected chi connectivity index (χ1v) is 7.42. The van der Waals surface area contributed by atoms with E-state index in [1.165, 1.54) is 0 Å². The lowest BCUT2D eigenvalue weighted by molar-refractivity contribution is -0.172. The predicted molar refractivity (Wildman–Crippen MR) is 73.0 cm³/mol. The molecule has 24 heavy (non-hydrogen) atoms. The maximum Gasteiger partial charge on any atom is 0.306 e. The average Bonchev–Trinajstić information content (AvgIpc) is 3.37. The maximum absolute atomic E-state index is 11.7. The molecular formula is C14H18O10. The van der Waals surface area contributed by atoms with E-state index in [0.29, 0.717) is 13.2 Å². The van der Waals surface area contributed by atoms with E-state index >= 15 is 0 Å². The molecule has 0 aromatic carbocycles. The number of hydrogen-bond acceptors (Lipinski definition) is 8. The first-order chi connectivity index (χ1) is 11.4. The third-order valence-corrected chi connectivity index (χ3v) is 3.40. The molecule has 0 aromatic heterocycles. The van der Waals surface area contributed by atoms with E-state index in [0.717, 1.165) is 0 Å². The first kappa shape index (κ1) is 18.1. The second-order valence-corrected chi connectivity index (χ2v) is 5.44. The van der Waals surface area contributed by atoms with Crippen LogP contribution in [-0.4, -0.2) is 71.7 Å². The molecule has 2 aliphatic rings. The molecule has 10 nitrogen and oxygen atoms in total. The summed E-state index contributed by atoms with van der Waals surface area (Å²) in [7, 11) is 0. The Balaban J connectivity index is 1.92. The molecule has 0 radical (unpaired) electrons. The van der Waals surface area contributed by atoms with Crippen molar-refractivity contribution in [3.05, 3.63) is 0 Å². The third kappa shape index (κ3) is 6.13. The number of epoxide rings is 2. The van der Waals surface area contributed by atoms with Crippen LogP contribution in [0, 0.1) is 0 Å². The van der Waals surface area contributed by atoms with Gasteiger partial charge in [-0.3, -0.25) is 19.2 Å². The van der Waals surface area contributed by atoms with E-state index < -0.39 is 48.3 Å². The lowest BCUT2D eigenvalue weighted by atomic mass is 10.1. The molecule has 0 unspecified atom stereocenters. The summed E-state index contributed by atoms with van der Waals surface area (Å²) >= 11 is 0. The lowest BCUT2D eigenvalue weighted by Crippen LogP contribution is -2.43. The van der Waals surface area contributed by atoms with E-state index in [4.69, 9.17) is 29.2 Å². The van der Waals surface area contributed by atoms with Gasteiger partial charge in [-0.25, -0.2) is 0 Å². The summed E-state index contributed by atoms with van der Waals surface area (Å²) in [6.07, 6.45) is -4.12. The molecule has 2 fully saturated rings. The topological polar surface area (TPSA) is 152 Å². The van der Waals surface area contributed by atoms with Crippen molar-refractivity contribution in [3.63, 3.8) is 0 Å². The Kier molecular flexibility index (Phi) is 6.10. The summed E-state index contributed by atoms with van der Waals surface area (Å²) in [5, 5.41) is 17.2. The van der Waals surface area contributed by atoms with Crippen LogP contribution < -0.4 is 0 Å². The fourth-order valence-corrected chi connectivity index (χ4v) is 2.04. The Labute approximate surface area is 136 Å². The number of hydrogen-bond donors (Lipinski definition) is 2. The number of carboxylic acid groups (broad SMARTS) is 2. The van der Waals surface area contributed by atoms with Crippen molar-refractivity contribution in [1.82, 2.24) is 0 Å². The van der Waals surface area contributed by atoms with Crippen molar-refractivity contribution in [2.45, 2.75) is 50.1 Å². The van der Waals surface area contributed by atoms with Crippen LogP contribution >= 0.6 is 0 Å². The van der Waals surface area contributed by atoms with Gasteiger partial charge in [-0.05, 0) is 0 Å². The highest BCUT2D eigenvalue weighted by molar-refractivity contribution is 5.77. The molecule has 134 valence electrons. The van der Waals surface area contributed by atoms with Crippen LogP contribution in [-0.2, 0) is 38.1 Å². The van der Waals surface area contributed by atoms with Gasteiger partial charge in [-0.15, -0.1) is 0 Å².